The minimum absolute atomic E-state index is 0.182. The lowest BCUT2D eigenvalue weighted by atomic mass is 9.86. The van der Waals surface area contributed by atoms with E-state index >= 15 is 0 Å². The van der Waals surface area contributed by atoms with Crippen LogP contribution in [-0.4, -0.2) is 0 Å². The van der Waals surface area contributed by atoms with Crippen LogP contribution in [0.2, 0.25) is 0 Å². The van der Waals surface area contributed by atoms with Crippen molar-refractivity contribution < 1.29 is 0 Å². The van der Waals surface area contributed by atoms with Gasteiger partial charge in [-0.05, 0) is 135 Å². The van der Waals surface area contributed by atoms with Crippen molar-refractivity contribution in [2.75, 3.05) is 9.80 Å². The van der Waals surface area contributed by atoms with E-state index in [2.05, 4.69) is 173 Å². The number of hydrogen-bond acceptors (Lipinski definition) is 2. The van der Waals surface area contributed by atoms with E-state index < -0.39 is 0 Å². The highest BCUT2D eigenvalue weighted by Crippen LogP contribution is 2.64. The molecule has 0 radical (unpaired) electrons. The average Bonchev–Trinajstić information content (AvgIpc) is 3.76. The third-order valence-corrected chi connectivity index (χ3v) is 10.5. The molecule has 0 aromatic heterocycles. The van der Waals surface area contributed by atoms with Gasteiger partial charge in [0, 0.05) is 51.4 Å². The van der Waals surface area contributed by atoms with Gasteiger partial charge in [-0.25, -0.2) is 0 Å². The zero-order chi connectivity index (χ0) is 32.9. The highest BCUT2D eigenvalue weighted by atomic mass is 15.2. The fourth-order valence-electron chi connectivity index (χ4n) is 7.80. The van der Waals surface area contributed by atoms with Crippen molar-refractivity contribution in [2.45, 2.75) is 60.3 Å². The van der Waals surface area contributed by atoms with Crippen molar-refractivity contribution in [3.63, 3.8) is 0 Å². The number of hydrogen-bond donors (Lipinski definition) is 0. The van der Waals surface area contributed by atoms with E-state index in [1.54, 1.807) is 0 Å². The van der Waals surface area contributed by atoms with Crippen molar-refractivity contribution in [2.24, 2.45) is 11.3 Å². The molecule has 236 valence electrons. The Kier molecular flexibility index (Phi) is 7.92. The molecule has 4 aromatic carbocycles. The summed E-state index contributed by atoms with van der Waals surface area (Å²) in [6, 6.07) is 33.7. The summed E-state index contributed by atoms with van der Waals surface area (Å²) in [5, 5.41) is 0. The fourth-order valence-corrected chi connectivity index (χ4v) is 7.80. The predicted octanol–water partition coefficient (Wildman–Crippen LogP) is 12.3. The van der Waals surface area contributed by atoms with Crippen molar-refractivity contribution >= 4 is 22.7 Å². The summed E-state index contributed by atoms with van der Waals surface area (Å²) in [5.41, 5.74) is 16.8. The molecule has 0 heterocycles. The lowest BCUT2D eigenvalue weighted by Crippen LogP contribution is -2.23. The molecule has 3 aliphatic rings. The van der Waals surface area contributed by atoms with Crippen LogP contribution in [0.25, 0.3) is 0 Å². The molecule has 2 nitrogen and oxygen atoms in total. The van der Waals surface area contributed by atoms with Gasteiger partial charge in [0.15, 0.2) is 0 Å². The molecule has 0 aliphatic heterocycles. The maximum Gasteiger partial charge on any atom is 0.0487 e. The lowest BCUT2D eigenvalue weighted by molar-refractivity contribution is 0.633. The Bertz CT molecular complexity index is 1960. The van der Waals surface area contributed by atoms with E-state index in [9.17, 15) is 0 Å². The Morgan fingerprint density at radius 3 is 1.85 bits per heavy atom. The van der Waals surface area contributed by atoms with Crippen LogP contribution in [0.15, 0.2) is 150 Å². The Morgan fingerprint density at radius 2 is 1.32 bits per heavy atom. The van der Waals surface area contributed by atoms with E-state index in [1.807, 2.05) is 6.08 Å². The standard InChI is InChI=1S/C45H46N2/c1-8-37-20-23-44(41-29-45(37,41)7)47(40-17-11-14-32(4)26-40)43-22-19-36(28-34(43)6)35-18-21-42(33(5)27-35)46(38-15-9-12-30(2)24-38)39-16-10-13-31(3)25-39/h8-17,19-28,35,41H,1,18,29H2,2-7H3. The normalized spacial score (nSPS) is 21.5. The van der Waals surface area contributed by atoms with Gasteiger partial charge in [0.25, 0.3) is 0 Å². The topological polar surface area (TPSA) is 6.48 Å². The van der Waals surface area contributed by atoms with Gasteiger partial charge in [0.2, 0.25) is 0 Å². The summed E-state index contributed by atoms with van der Waals surface area (Å²) >= 11 is 0. The van der Waals surface area contributed by atoms with Crippen molar-refractivity contribution in [3.8, 4) is 0 Å². The highest BCUT2D eigenvalue weighted by molar-refractivity contribution is 5.75. The molecular weight excluding hydrogens is 569 g/mol. The van der Waals surface area contributed by atoms with Crippen LogP contribution in [0.3, 0.4) is 0 Å². The number of nitrogens with zero attached hydrogens (tertiary/aromatic N) is 2. The van der Waals surface area contributed by atoms with Gasteiger partial charge >= 0.3 is 0 Å². The molecule has 1 saturated carbocycles. The van der Waals surface area contributed by atoms with E-state index in [4.69, 9.17) is 0 Å². The molecular formula is C45H46N2. The minimum atomic E-state index is 0.182. The Labute approximate surface area is 281 Å². The Hall–Kier alpha value is -4.82. The molecule has 0 N–H and O–H groups in total. The number of aryl methyl sites for hydroxylation is 4. The largest absolute Gasteiger partial charge is 0.314 e. The zero-order valence-corrected chi connectivity index (χ0v) is 28.7. The maximum absolute atomic E-state index is 4.11. The Balaban J connectivity index is 1.22. The second-order valence-electron chi connectivity index (χ2n) is 14.1. The molecule has 1 fully saturated rings. The van der Waals surface area contributed by atoms with Crippen LogP contribution in [0, 0.1) is 39.0 Å². The van der Waals surface area contributed by atoms with E-state index in [0.29, 0.717) is 11.8 Å². The quantitative estimate of drug-likeness (QED) is 0.195. The second kappa shape index (κ2) is 12.1. The lowest BCUT2D eigenvalue weighted by Gasteiger charge is -2.34. The molecule has 2 heteroatoms. The SMILES string of the molecule is C=CC1=CC=C(N(c2cccc(C)c2)c2ccc(C3C=C(C)C(N(c4cccc(C)c4)c4cccc(C)c4)=CC3)cc2C)C2CC12C. The summed E-state index contributed by atoms with van der Waals surface area (Å²) in [5.74, 6) is 0.826. The van der Waals surface area contributed by atoms with Gasteiger partial charge in [-0.1, -0.05) is 86.3 Å². The molecule has 0 saturated heterocycles. The number of fused-ring (bicyclic) bond motifs is 1. The summed E-state index contributed by atoms with van der Waals surface area (Å²) in [4.78, 5) is 4.94. The molecule has 47 heavy (non-hydrogen) atoms. The Morgan fingerprint density at radius 1 is 0.723 bits per heavy atom. The first-order valence-electron chi connectivity index (χ1n) is 17.0. The van der Waals surface area contributed by atoms with Gasteiger partial charge in [-0.3, -0.25) is 0 Å². The van der Waals surface area contributed by atoms with Crippen LogP contribution < -0.4 is 9.80 Å². The second-order valence-corrected chi connectivity index (χ2v) is 14.1. The van der Waals surface area contributed by atoms with Crippen molar-refractivity contribution in [3.05, 3.63) is 178 Å². The summed E-state index contributed by atoms with van der Waals surface area (Å²) in [7, 11) is 0. The summed E-state index contributed by atoms with van der Waals surface area (Å²) in [6.07, 6.45) is 13.7. The number of rotatable bonds is 8. The minimum Gasteiger partial charge on any atom is -0.314 e. The number of allylic oxidation sites excluding steroid dienone is 8. The zero-order valence-electron chi connectivity index (χ0n) is 28.7. The number of benzene rings is 4. The number of anilines is 4. The smallest absolute Gasteiger partial charge is 0.0487 e. The maximum atomic E-state index is 4.11. The van der Waals surface area contributed by atoms with Gasteiger partial charge in [-0.15, -0.1) is 0 Å². The fraction of sp³-hybridized carbons (Fsp3) is 0.244. The highest BCUT2D eigenvalue weighted by Gasteiger charge is 2.56. The third-order valence-electron chi connectivity index (χ3n) is 10.5. The molecule has 0 spiro atoms. The molecule has 3 atom stereocenters. The third kappa shape index (κ3) is 5.71. The van der Waals surface area contributed by atoms with Crippen molar-refractivity contribution in [1.29, 1.82) is 0 Å². The predicted molar refractivity (Wildman–Crippen MR) is 201 cm³/mol. The van der Waals surface area contributed by atoms with Crippen LogP contribution in [-0.2, 0) is 0 Å². The summed E-state index contributed by atoms with van der Waals surface area (Å²) in [6.45, 7) is 17.6. The van der Waals surface area contributed by atoms with E-state index in [1.165, 1.54) is 79.5 Å². The first-order chi connectivity index (χ1) is 22.7. The van der Waals surface area contributed by atoms with Crippen LogP contribution in [0.4, 0.5) is 22.7 Å². The molecule has 3 unspecified atom stereocenters. The first-order valence-corrected chi connectivity index (χ1v) is 17.0. The van der Waals surface area contributed by atoms with Crippen LogP contribution in [0.5, 0.6) is 0 Å². The molecule has 3 aliphatic carbocycles. The van der Waals surface area contributed by atoms with Gasteiger partial charge in [0.1, 0.15) is 0 Å². The van der Waals surface area contributed by atoms with Gasteiger partial charge in [-0.2, -0.15) is 0 Å². The van der Waals surface area contributed by atoms with Crippen LogP contribution in [0.1, 0.15) is 60.4 Å². The van der Waals surface area contributed by atoms with Gasteiger partial charge < -0.3 is 9.80 Å². The average molecular weight is 615 g/mol. The molecule has 0 bridgehead atoms. The van der Waals surface area contributed by atoms with E-state index in [-0.39, 0.29) is 5.41 Å². The van der Waals surface area contributed by atoms with Crippen LogP contribution >= 0.6 is 0 Å². The molecule has 7 rings (SSSR count). The first kappa shape index (κ1) is 30.8. The summed E-state index contributed by atoms with van der Waals surface area (Å²) < 4.78 is 0. The van der Waals surface area contributed by atoms with Crippen molar-refractivity contribution in [1.82, 2.24) is 0 Å². The van der Waals surface area contributed by atoms with E-state index in [0.717, 1.165) is 6.42 Å². The molecule has 4 aromatic rings. The van der Waals surface area contributed by atoms with Gasteiger partial charge in [0.05, 0.1) is 0 Å². The monoisotopic (exact) mass is 614 g/mol. The molecule has 0 amide bonds.